The maximum Gasteiger partial charge on any atom is 0.434 e. The molecule has 5 heterocycles. The number of alkyl halides is 5. The first-order valence-corrected chi connectivity index (χ1v) is 12.2. The van der Waals surface area contributed by atoms with Gasteiger partial charge in [0.15, 0.2) is 5.69 Å². The minimum absolute atomic E-state index is 0.0935. The molecule has 1 atom stereocenters. The van der Waals surface area contributed by atoms with Gasteiger partial charge in [0.2, 0.25) is 12.3 Å². The van der Waals surface area contributed by atoms with Crippen LogP contribution in [0.1, 0.15) is 61.0 Å². The van der Waals surface area contributed by atoms with Gasteiger partial charge in [0.1, 0.15) is 23.8 Å². The predicted octanol–water partition coefficient (Wildman–Crippen LogP) is 3.86. The van der Waals surface area contributed by atoms with Crippen molar-refractivity contribution in [2.75, 3.05) is 42.9 Å². The molecule has 0 aromatic carbocycles. The van der Waals surface area contributed by atoms with Crippen molar-refractivity contribution >= 4 is 17.5 Å². The van der Waals surface area contributed by atoms with Gasteiger partial charge in [0.05, 0.1) is 5.92 Å². The molecule has 1 amide bonds. The molecule has 36 heavy (non-hydrogen) atoms. The van der Waals surface area contributed by atoms with E-state index in [9.17, 15) is 26.7 Å². The lowest BCUT2D eigenvalue weighted by molar-refractivity contribution is -0.141. The zero-order valence-electron chi connectivity index (χ0n) is 19.6. The summed E-state index contributed by atoms with van der Waals surface area (Å²) in [6.45, 7) is 3.85. The zero-order chi connectivity index (χ0) is 25.4. The van der Waals surface area contributed by atoms with E-state index in [-0.39, 0.29) is 23.7 Å². The molecular formula is C23H28F5N7O. The van der Waals surface area contributed by atoms with Crippen molar-refractivity contribution in [1.82, 2.24) is 24.4 Å². The maximum absolute atomic E-state index is 13.8. The molecule has 2 aromatic heterocycles. The Morgan fingerprint density at radius 2 is 1.78 bits per heavy atom. The molecule has 0 saturated carbocycles. The molecule has 13 heteroatoms. The number of carbonyl (C=O) groups is 1. The fourth-order valence-corrected chi connectivity index (χ4v) is 5.46. The zero-order valence-corrected chi connectivity index (χ0v) is 19.6. The molecular weight excluding hydrogens is 485 g/mol. The van der Waals surface area contributed by atoms with Crippen LogP contribution in [-0.2, 0) is 17.5 Å². The number of likely N-dealkylation sites (tertiary alicyclic amines) is 1. The molecule has 8 nitrogen and oxygen atoms in total. The Morgan fingerprint density at radius 3 is 2.44 bits per heavy atom. The number of halogens is 5. The van der Waals surface area contributed by atoms with Crippen LogP contribution in [0, 0.1) is 0 Å². The fourth-order valence-electron chi connectivity index (χ4n) is 5.46. The predicted molar refractivity (Wildman–Crippen MR) is 121 cm³/mol. The van der Waals surface area contributed by atoms with Crippen LogP contribution in [0.5, 0.6) is 0 Å². The lowest BCUT2D eigenvalue weighted by Crippen LogP contribution is -2.37. The summed E-state index contributed by atoms with van der Waals surface area (Å²) in [5, 5.41) is 2.55. The lowest BCUT2D eigenvalue weighted by atomic mass is 9.91. The average Bonchev–Trinajstić information content (AvgIpc) is 3.51. The van der Waals surface area contributed by atoms with Crippen molar-refractivity contribution in [2.45, 2.75) is 63.1 Å². The first-order chi connectivity index (χ1) is 17.2. The standard InChI is InChI=1S/C23H28F5N7O/c24-19(25)15-11-17(36)32-20-18(15)22(30-13-29-20)34-7-3-14(4-8-34)21-31-16(23(26,27)28)12-35(21)10-9-33-5-1-2-6-33/h12-15,19H,1-11H2,(H,29,30,32,36)/t15-/m1/s1. The molecule has 2 aromatic rings. The van der Waals surface area contributed by atoms with Gasteiger partial charge in [0.25, 0.3) is 0 Å². The summed E-state index contributed by atoms with van der Waals surface area (Å²) in [4.78, 5) is 28.2. The number of nitrogens with zero attached hydrogens (tertiary/aromatic N) is 6. The molecule has 2 fully saturated rings. The summed E-state index contributed by atoms with van der Waals surface area (Å²) in [6, 6.07) is 0. The number of nitrogens with one attached hydrogen (secondary N) is 1. The van der Waals surface area contributed by atoms with E-state index in [1.807, 2.05) is 4.90 Å². The highest BCUT2D eigenvalue weighted by Crippen LogP contribution is 2.42. The normalized spacial score (nSPS) is 21.8. The van der Waals surface area contributed by atoms with E-state index in [0.29, 0.717) is 50.7 Å². The second-order valence-corrected chi connectivity index (χ2v) is 9.64. The van der Waals surface area contributed by atoms with E-state index in [0.717, 1.165) is 32.1 Å². The van der Waals surface area contributed by atoms with E-state index in [4.69, 9.17) is 0 Å². The third-order valence-corrected chi connectivity index (χ3v) is 7.31. The van der Waals surface area contributed by atoms with Gasteiger partial charge in [0, 0.05) is 50.3 Å². The fraction of sp³-hybridized carbons (Fsp3) is 0.652. The highest BCUT2D eigenvalue weighted by Gasteiger charge is 2.39. The maximum atomic E-state index is 13.8. The van der Waals surface area contributed by atoms with Gasteiger partial charge in [-0.15, -0.1) is 0 Å². The highest BCUT2D eigenvalue weighted by molar-refractivity contribution is 5.94. The quantitative estimate of drug-likeness (QED) is 0.591. The molecule has 1 N–H and O–H groups in total. The number of hydrogen-bond donors (Lipinski definition) is 1. The molecule has 0 radical (unpaired) electrons. The van der Waals surface area contributed by atoms with Crippen LogP contribution in [0.15, 0.2) is 12.5 Å². The van der Waals surface area contributed by atoms with Crippen molar-refractivity contribution in [3.05, 3.63) is 29.6 Å². The van der Waals surface area contributed by atoms with Crippen molar-refractivity contribution in [3.8, 4) is 0 Å². The van der Waals surface area contributed by atoms with Gasteiger partial charge in [-0.25, -0.2) is 23.7 Å². The van der Waals surface area contributed by atoms with Gasteiger partial charge in [-0.1, -0.05) is 0 Å². The molecule has 0 bridgehead atoms. The highest BCUT2D eigenvalue weighted by atomic mass is 19.4. The number of piperidine rings is 1. The van der Waals surface area contributed by atoms with Crippen LogP contribution >= 0.6 is 0 Å². The third kappa shape index (κ3) is 5.02. The molecule has 3 aliphatic rings. The topological polar surface area (TPSA) is 79.2 Å². The summed E-state index contributed by atoms with van der Waals surface area (Å²) in [7, 11) is 0. The molecule has 2 saturated heterocycles. The summed E-state index contributed by atoms with van der Waals surface area (Å²) in [6.07, 6.45) is -2.08. The Hall–Kier alpha value is -2.83. The number of rotatable bonds is 6. The minimum atomic E-state index is -4.52. The second kappa shape index (κ2) is 9.91. The number of amides is 1. The Labute approximate surface area is 204 Å². The SMILES string of the molecule is O=C1C[C@@H](C(F)F)c2c(ncnc2N2CCC(c3nc(C(F)(F)F)cn3CCN3CCCC3)CC2)N1. The monoisotopic (exact) mass is 513 g/mol. The Bertz CT molecular complexity index is 1090. The van der Waals surface area contributed by atoms with E-state index in [1.54, 1.807) is 4.57 Å². The molecule has 0 aliphatic carbocycles. The second-order valence-electron chi connectivity index (χ2n) is 9.64. The van der Waals surface area contributed by atoms with E-state index < -0.39 is 30.1 Å². The van der Waals surface area contributed by atoms with E-state index in [1.165, 1.54) is 6.33 Å². The van der Waals surface area contributed by atoms with Gasteiger partial charge in [-0.3, -0.25) is 4.79 Å². The first-order valence-electron chi connectivity index (χ1n) is 12.2. The summed E-state index contributed by atoms with van der Waals surface area (Å²) < 4.78 is 69.6. The largest absolute Gasteiger partial charge is 0.434 e. The van der Waals surface area contributed by atoms with E-state index in [2.05, 4.69) is 25.2 Å². The number of carbonyl (C=O) groups excluding carboxylic acids is 1. The lowest BCUT2D eigenvalue weighted by Gasteiger charge is -2.36. The van der Waals surface area contributed by atoms with Crippen molar-refractivity contribution in [2.24, 2.45) is 0 Å². The van der Waals surface area contributed by atoms with Crippen LogP contribution in [0.3, 0.4) is 0 Å². The molecule has 0 unspecified atom stereocenters. The Kier molecular flexibility index (Phi) is 6.84. The van der Waals surface area contributed by atoms with Crippen molar-refractivity contribution in [3.63, 3.8) is 0 Å². The molecule has 196 valence electrons. The van der Waals surface area contributed by atoms with Gasteiger partial charge in [-0.2, -0.15) is 13.2 Å². The number of hydrogen-bond acceptors (Lipinski definition) is 6. The van der Waals surface area contributed by atoms with Crippen molar-refractivity contribution in [1.29, 1.82) is 0 Å². The number of imidazole rings is 1. The molecule has 0 spiro atoms. The van der Waals surface area contributed by atoms with Crippen LogP contribution in [0.2, 0.25) is 0 Å². The van der Waals surface area contributed by atoms with Crippen LogP contribution in [-0.4, -0.2) is 69.5 Å². The van der Waals surface area contributed by atoms with Gasteiger partial charge in [-0.05, 0) is 38.8 Å². The summed E-state index contributed by atoms with van der Waals surface area (Å²) in [5.74, 6) is -1.16. The van der Waals surface area contributed by atoms with Gasteiger partial charge >= 0.3 is 6.18 Å². The summed E-state index contributed by atoms with van der Waals surface area (Å²) >= 11 is 0. The Morgan fingerprint density at radius 1 is 1.06 bits per heavy atom. The van der Waals surface area contributed by atoms with E-state index >= 15 is 0 Å². The number of anilines is 2. The third-order valence-electron chi connectivity index (χ3n) is 7.31. The molecule has 3 aliphatic heterocycles. The van der Waals surface area contributed by atoms with Crippen LogP contribution < -0.4 is 10.2 Å². The van der Waals surface area contributed by atoms with Gasteiger partial charge < -0.3 is 19.7 Å². The average molecular weight is 514 g/mol. The van der Waals surface area contributed by atoms with Crippen LogP contribution in [0.25, 0.3) is 0 Å². The molecule has 5 rings (SSSR count). The van der Waals surface area contributed by atoms with Crippen molar-refractivity contribution < 1.29 is 26.7 Å². The number of fused-ring (bicyclic) bond motifs is 1. The minimum Gasteiger partial charge on any atom is -0.356 e. The summed E-state index contributed by atoms with van der Waals surface area (Å²) in [5.41, 5.74) is -0.668. The number of aromatic nitrogens is 4. The smallest absolute Gasteiger partial charge is 0.356 e. The van der Waals surface area contributed by atoms with Crippen LogP contribution in [0.4, 0.5) is 33.6 Å². The Balaban J connectivity index is 1.34. The first kappa shape index (κ1) is 24.8.